The molecule has 0 spiro atoms. The molecular weight excluding hydrogens is 244 g/mol. The molecule has 1 unspecified atom stereocenters. The average molecular weight is 258 g/mol. The van der Waals surface area contributed by atoms with Gasteiger partial charge in [-0.25, -0.2) is 0 Å². The van der Waals surface area contributed by atoms with Gasteiger partial charge in [-0.2, -0.15) is 0 Å². The minimum absolute atomic E-state index is 0.0956. The number of fused-ring (bicyclic) bond motifs is 1. The second-order valence-electron chi connectivity index (χ2n) is 4.62. The summed E-state index contributed by atoms with van der Waals surface area (Å²) in [6.07, 6.45) is 2.70. The second kappa shape index (κ2) is 4.81. The van der Waals surface area contributed by atoms with Crippen molar-refractivity contribution in [3.63, 3.8) is 0 Å². The van der Waals surface area contributed by atoms with Gasteiger partial charge in [-0.15, -0.1) is 0 Å². The number of nitrogens with zero attached hydrogens (tertiary/aromatic N) is 2. The number of benzene rings is 1. The van der Waals surface area contributed by atoms with Crippen LogP contribution in [-0.4, -0.2) is 29.0 Å². The monoisotopic (exact) mass is 258 g/mol. The number of pyridine rings is 1. The van der Waals surface area contributed by atoms with Crippen LogP contribution < -0.4 is 10.6 Å². The largest absolute Gasteiger partial charge is 0.379 e. The molecule has 0 amide bonds. The van der Waals surface area contributed by atoms with E-state index in [0.717, 1.165) is 25.2 Å². The Kier molecular flexibility index (Phi) is 3.00. The fraction of sp³-hybridized carbons (Fsp3) is 0.308. The molecule has 0 bridgehead atoms. The van der Waals surface area contributed by atoms with Crippen LogP contribution in [0.4, 0.5) is 11.4 Å². The summed E-state index contributed by atoms with van der Waals surface area (Å²) in [5, 5.41) is 18.3. The summed E-state index contributed by atoms with van der Waals surface area (Å²) in [5.41, 5.74) is 1.61. The van der Waals surface area contributed by atoms with E-state index in [2.05, 4.69) is 15.6 Å². The Bertz CT molecular complexity index is 623. The fourth-order valence-corrected chi connectivity index (χ4v) is 2.43. The molecule has 1 atom stereocenters. The van der Waals surface area contributed by atoms with Crippen molar-refractivity contribution in [2.45, 2.75) is 12.5 Å². The molecule has 3 rings (SSSR count). The van der Waals surface area contributed by atoms with E-state index >= 15 is 0 Å². The standard InChI is InChI=1S/C13H14N4O2/c18-17(19)12-4-3-11(16-9-5-7-14-8-9)13-10(12)2-1-6-15-13/h1-4,6,9,14,16H,5,7-8H2. The zero-order valence-electron chi connectivity index (χ0n) is 10.3. The number of hydrogen-bond donors (Lipinski definition) is 2. The summed E-state index contributed by atoms with van der Waals surface area (Å²) >= 11 is 0. The number of rotatable bonds is 3. The molecule has 0 radical (unpaired) electrons. The van der Waals surface area contributed by atoms with Crippen LogP contribution >= 0.6 is 0 Å². The molecule has 1 aromatic heterocycles. The highest BCUT2D eigenvalue weighted by Crippen LogP contribution is 2.30. The van der Waals surface area contributed by atoms with Gasteiger partial charge in [-0.05, 0) is 31.2 Å². The van der Waals surface area contributed by atoms with Crippen LogP contribution in [0.1, 0.15) is 6.42 Å². The molecule has 6 nitrogen and oxygen atoms in total. The molecule has 0 saturated carbocycles. The van der Waals surface area contributed by atoms with Gasteiger partial charge in [0, 0.05) is 24.8 Å². The van der Waals surface area contributed by atoms with Gasteiger partial charge in [-0.3, -0.25) is 15.1 Å². The van der Waals surface area contributed by atoms with Crippen LogP contribution in [0.3, 0.4) is 0 Å². The third-order valence-corrected chi connectivity index (χ3v) is 3.36. The molecule has 1 aliphatic rings. The first-order valence-electron chi connectivity index (χ1n) is 6.25. The Morgan fingerprint density at radius 1 is 1.42 bits per heavy atom. The van der Waals surface area contributed by atoms with Gasteiger partial charge < -0.3 is 10.6 Å². The zero-order valence-corrected chi connectivity index (χ0v) is 10.3. The highest BCUT2D eigenvalue weighted by Gasteiger charge is 2.18. The normalized spacial score (nSPS) is 18.6. The average Bonchev–Trinajstić information content (AvgIpc) is 2.91. The van der Waals surface area contributed by atoms with Gasteiger partial charge in [0.1, 0.15) is 5.52 Å². The summed E-state index contributed by atoms with van der Waals surface area (Å²) < 4.78 is 0. The molecule has 1 aromatic carbocycles. The summed E-state index contributed by atoms with van der Waals surface area (Å²) in [6, 6.07) is 7.08. The zero-order chi connectivity index (χ0) is 13.2. The molecule has 1 aliphatic heterocycles. The van der Waals surface area contributed by atoms with Crippen molar-refractivity contribution < 1.29 is 4.92 Å². The number of nitro groups is 1. The number of aromatic nitrogens is 1. The minimum atomic E-state index is -0.370. The Hall–Kier alpha value is -2.21. The van der Waals surface area contributed by atoms with Crippen LogP contribution in [0.25, 0.3) is 10.9 Å². The van der Waals surface area contributed by atoms with Gasteiger partial charge in [0.15, 0.2) is 0 Å². The first-order chi connectivity index (χ1) is 9.25. The maximum atomic E-state index is 11.0. The van der Waals surface area contributed by atoms with Crippen molar-refractivity contribution in [1.29, 1.82) is 0 Å². The second-order valence-corrected chi connectivity index (χ2v) is 4.62. The third kappa shape index (κ3) is 2.22. The molecule has 1 fully saturated rings. The van der Waals surface area contributed by atoms with Crippen molar-refractivity contribution in [2.24, 2.45) is 0 Å². The maximum Gasteiger partial charge on any atom is 0.278 e. The van der Waals surface area contributed by atoms with Gasteiger partial charge in [0.05, 0.1) is 16.0 Å². The molecule has 2 heterocycles. The van der Waals surface area contributed by atoms with Crippen molar-refractivity contribution in [3.8, 4) is 0 Å². The van der Waals surface area contributed by atoms with Crippen molar-refractivity contribution >= 4 is 22.3 Å². The number of nitro benzene ring substituents is 1. The van der Waals surface area contributed by atoms with Gasteiger partial charge in [0.2, 0.25) is 0 Å². The van der Waals surface area contributed by atoms with E-state index in [-0.39, 0.29) is 10.6 Å². The van der Waals surface area contributed by atoms with Crippen LogP contribution in [-0.2, 0) is 0 Å². The summed E-state index contributed by atoms with van der Waals surface area (Å²) in [6.45, 7) is 1.90. The van der Waals surface area contributed by atoms with Crippen molar-refractivity contribution in [1.82, 2.24) is 10.3 Å². The number of anilines is 1. The lowest BCUT2D eigenvalue weighted by Crippen LogP contribution is -2.22. The minimum Gasteiger partial charge on any atom is -0.379 e. The van der Waals surface area contributed by atoms with Crippen LogP contribution in [0.15, 0.2) is 30.5 Å². The van der Waals surface area contributed by atoms with Gasteiger partial charge >= 0.3 is 0 Å². The van der Waals surface area contributed by atoms with E-state index in [9.17, 15) is 10.1 Å². The highest BCUT2D eigenvalue weighted by atomic mass is 16.6. The fourth-order valence-electron chi connectivity index (χ4n) is 2.43. The Labute approximate surface area is 110 Å². The Balaban J connectivity index is 2.05. The van der Waals surface area contributed by atoms with Crippen molar-refractivity contribution in [3.05, 3.63) is 40.6 Å². The first kappa shape index (κ1) is 11.9. The summed E-state index contributed by atoms with van der Waals surface area (Å²) in [5.74, 6) is 0. The Morgan fingerprint density at radius 3 is 3.05 bits per heavy atom. The quantitative estimate of drug-likeness (QED) is 0.649. The van der Waals surface area contributed by atoms with Gasteiger partial charge in [0.25, 0.3) is 5.69 Å². The SMILES string of the molecule is O=[N+]([O-])c1ccc(NC2CCNC2)c2ncccc12. The summed E-state index contributed by atoms with van der Waals surface area (Å²) in [7, 11) is 0. The molecule has 98 valence electrons. The topological polar surface area (TPSA) is 80.1 Å². The number of hydrogen-bond acceptors (Lipinski definition) is 5. The highest BCUT2D eigenvalue weighted by molar-refractivity contribution is 5.96. The van der Waals surface area contributed by atoms with Crippen LogP contribution in [0.2, 0.25) is 0 Å². The first-order valence-corrected chi connectivity index (χ1v) is 6.25. The number of nitrogens with one attached hydrogen (secondary N) is 2. The lowest BCUT2D eigenvalue weighted by atomic mass is 10.1. The van der Waals surface area contributed by atoms with E-state index in [0.29, 0.717) is 16.9 Å². The molecule has 6 heteroatoms. The number of non-ortho nitro benzene ring substituents is 1. The molecular formula is C13H14N4O2. The molecule has 0 aliphatic carbocycles. The van der Waals surface area contributed by atoms with Crippen molar-refractivity contribution in [2.75, 3.05) is 18.4 Å². The maximum absolute atomic E-state index is 11.0. The lowest BCUT2D eigenvalue weighted by molar-refractivity contribution is -0.383. The van der Waals surface area contributed by atoms with E-state index in [1.807, 2.05) is 0 Å². The van der Waals surface area contributed by atoms with Crippen LogP contribution in [0, 0.1) is 10.1 Å². The molecule has 2 N–H and O–H groups in total. The molecule has 1 saturated heterocycles. The van der Waals surface area contributed by atoms with E-state index in [1.165, 1.54) is 6.07 Å². The smallest absolute Gasteiger partial charge is 0.278 e. The lowest BCUT2D eigenvalue weighted by Gasteiger charge is -2.14. The predicted molar refractivity (Wildman–Crippen MR) is 73.3 cm³/mol. The van der Waals surface area contributed by atoms with Gasteiger partial charge in [-0.1, -0.05) is 0 Å². The third-order valence-electron chi connectivity index (χ3n) is 3.36. The molecule has 2 aromatic rings. The van der Waals surface area contributed by atoms with Crippen LogP contribution in [0.5, 0.6) is 0 Å². The van der Waals surface area contributed by atoms with E-state index < -0.39 is 0 Å². The van der Waals surface area contributed by atoms with E-state index in [1.54, 1.807) is 24.4 Å². The Morgan fingerprint density at radius 2 is 2.32 bits per heavy atom. The predicted octanol–water partition coefficient (Wildman–Crippen LogP) is 1.92. The molecule has 19 heavy (non-hydrogen) atoms. The van der Waals surface area contributed by atoms with E-state index in [4.69, 9.17) is 0 Å². The summed E-state index contributed by atoms with van der Waals surface area (Å²) in [4.78, 5) is 14.9.